The largest absolute Gasteiger partial charge is 0.481 e. The highest BCUT2D eigenvalue weighted by Gasteiger charge is 2.24. The molecule has 0 aliphatic heterocycles. The van der Waals surface area contributed by atoms with Gasteiger partial charge in [0.05, 0.1) is 5.92 Å². The summed E-state index contributed by atoms with van der Waals surface area (Å²) in [6.45, 7) is 0. The molecular formula is C15H11Cl2FO2. The first kappa shape index (κ1) is 14.8. The van der Waals surface area contributed by atoms with E-state index in [4.69, 9.17) is 23.2 Å². The lowest BCUT2D eigenvalue weighted by Gasteiger charge is -2.15. The van der Waals surface area contributed by atoms with Crippen LogP contribution in [0.25, 0.3) is 0 Å². The van der Waals surface area contributed by atoms with Crippen LogP contribution in [0.4, 0.5) is 4.39 Å². The fraction of sp³-hybridized carbons (Fsp3) is 0.133. The van der Waals surface area contributed by atoms with Crippen molar-refractivity contribution in [2.45, 2.75) is 12.3 Å². The normalized spacial score (nSPS) is 12.2. The minimum Gasteiger partial charge on any atom is -0.481 e. The highest BCUT2D eigenvalue weighted by Crippen LogP contribution is 2.31. The van der Waals surface area contributed by atoms with E-state index < -0.39 is 17.7 Å². The molecule has 0 aliphatic carbocycles. The van der Waals surface area contributed by atoms with Crippen LogP contribution in [-0.4, -0.2) is 11.1 Å². The van der Waals surface area contributed by atoms with Crippen molar-refractivity contribution >= 4 is 29.2 Å². The lowest BCUT2D eigenvalue weighted by molar-refractivity contribution is -0.138. The maximum atomic E-state index is 13.8. The molecule has 0 aliphatic rings. The predicted molar refractivity (Wildman–Crippen MR) is 76.9 cm³/mol. The summed E-state index contributed by atoms with van der Waals surface area (Å²) in [5, 5.41) is 9.92. The van der Waals surface area contributed by atoms with Crippen LogP contribution in [-0.2, 0) is 11.2 Å². The van der Waals surface area contributed by atoms with E-state index in [0.717, 1.165) is 0 Å². The highest BCUT2D eigenvalue weighted by molar-refractivity contribution is 6.32. The Morgan fingerprint density at radius 2 is 1.75 bits per heavy atom. The number of carboxylic acid groups (broad SMARTS) is 1. The van der Waals surface area contributed by atoms with Crippen molar-refractivity contribution in [1.82, 2.24) is 0 Å². The van der Waals surface area contributed by atoms with Crippen molar-refractivity contribution in [2.24, 2.45) is 0 Å². The van der Waals surface area contributed by atoms with Gasteiger partial charge in [0.2, 0.25) is 0 Å². The highest BCUT2D eigenvalue weighted by atomic mass is 35.5. The van der Waals surface area contributed by atoms with E-state index in [0.29, 0.717) is 10.6 Å². The first-order chi connectivity index (χ1) is 9.50. The number of halogens is 3. The SMILES string of the molecule is O=C(O)C(Cc1c(F)cccc1Cl)c1ccccc1Cl. The van der Waals surface area contributed by atoms with Crippen molar-refractivity contribution in [1.29, 1.82) is 0 Å². The van der Waals surface area contributed by atoms with Crippen LogP contribution in [0, 0.1) is 5.82 Å². The summed E-state index contributed by atoms with van der Waals surface area (Å²) < 4.78 is 13.8. The first-order valence-corrected chi connectivity index (χ1v) is 6.66. The molecule has 20 heavy (non-hydrogen) atoms. The van der Waals surface area contributed by atoms with Crippen molar-refractivity contribution in [3.63, 3.8) is 0 Å². The third kappa shape index (κ3) is 3.11. The monoisotopic (exact) mass is 312 g/mol. The minimum atomic E-state index is -1.07. The van der Waals surface area contributed by atoms with Crippen molar-refractivity contribution in [3.05, 3.63) is 69.5 Å². The zero-order valence-corrected chi connectivity index (χ0v) is 11.8. The third-order valence-electron chi connectivity index (χ3n) is 3.05. The lowest BCUT2D eigenvalue weighted by atomic mass is 9.92. The fourth-order valence-electron chi connectivity index (χ4n) is 2.02. The Morgan fingerprint density at radius 1 is 1.10 bits per heavy atom. The molecule has 2 aromatic rings. The zero-order chi connectivity index (χ0) is 14.7. The number of hydrogen-bond donors (Lipinski definition) is 1. The molecule has 0 heterocycles. The molecule has 0 radical (unpaired) electrons. The average Bonchev–Trinajstić information content (AvgIpc) is 2.39. The van der Waals surface area contributed by atoms with Gasteiger partial charge in [0, 0.05) is 15.6 Å². The van der Waals surface area contributed by atoms with Crippen LogP contribution in [0.3, 0.4) is 0 Å². The molecule has 104 valence electrons. The van der Waals surface area contributed by atoms with E-state index in [-0.39, 0.29) is 17.0 Å². The summed E-state index contributed by atoms with van der Waals surface area (Å²) in [4.78, 5) is 11.5. The van der Waals surface area contributed by atoms with Crippen molar-refractivity contribution < 1.29 is 14.3 Å². The Kier molecular flexibility index (Phi) is 4.63. The molecule has 2 rings (SSSR count). The maximum absolute atomic E-state index is 13.8. The smallest absolute Gasteiger partial charge is 0.311 e. The topological polar surface area (TPSA) is 37.3 Å². The quantitative estimate of drug-likeness (QED) is 0.899. The molecule has 0 bridgehead atoms. The van der Waals surface area contributed by atoms with Crippen molar-refractivity contribution in [2.75, 3.05) is 0 Å². The second-order valence-corrected chi connectivity index (χ2v) is 5.13. The standard InChI is InChI=1S/C15H11Cl2FO2/c16-12-5-2-1-4-9(12)10(15(19)20)8-11-13(17)6-3-7-14(11)18/h1-7,10H,8H2,(H,19,20). The number of carboxylic acids is 1. The van der Waals surface area contributed by atoms with Gasteiger partial charge in [-0.3, -0.25) is 4.79 Å². The van der Waals surface area contributed by atoms with Crippen LogP contribution in [0.1, 0.15) is 17.0 Å². The Bertz CT molecular complexity index is 623. The molecule has 0 saturated carbocycles. The number of carbonyl (C=O) groups is 1. The van der Waals surface area contributed by atoms with Gasteiger partial charge < -0.3 is 5.11 Å². The molecule has 0 fully saturated rings. The molecule has 1 atom stereocenters. The number of aliphatic carboxylic acids is 1. The second kappa shape index (κ2) is 6.25. The zero-order valence-electron chi connectivity index (χ0n) is 10.3. The average molecular weight is 313 g/mol. The summed E-state index contributed by atoms with van der Waals surface area (Å²) >= 11 is 12.0. The molecule has 2 aromatic carbocycles. The first-order valence-electron chi connectivity index (χ1n) is 5.91. The van der Waals surface area contributed by atoms with Crippen LogP contribution >= 0.6 is 23.2 Å². The maximum Gasteiger partial charge on any atom is 0.311 e. The Labute approximate surface area is 125 Å². The molecular weight excluding hydrogens is 302 g/mol. The van der Waals surface area contributed by atoms with Gasteiger partial charge >= 0.3 is 5.97 Å². The number of benzene rings is 2. The van der Waals surface area contributed by atoms with Crippen LogP contribution < -0.4 is 0 Å². The minimum absolute atomic E-state index is 0.0510. The molecule has 2 nitrogen and oxygen atoms in total. The molecule has 1 N–H and O–H groups in total. The van der Waals surface area contributed by atoms with Crippen LogP contribution in [0.15, 0.2) is 42.5 Å². The summed E-state index contributed by atoms with van der Waals surface area (Å²) in [7, 11) is 0. The van der Waals surface area contributed by atoms with E-state index in [1.165, 1.54) is 18.2 Å². The van der Waals surface area contributed by atoms with E-state index in [9.17, 15) is 14.3 Å². The van der Waals surface area contributed by atoms with E-state index in [2.05, 4.69) is 0 Å². The third-order valence-corrected chi connectivity index (χ3v) is 3.75. The van der Waals surface area contributed by atoms with Gasteiger partial charge in [0.15, 0.2) is 0 Å². The van der Waals surface area contributed by atoms with Gasteiger partial charge in [0.1, 0.15) is 5.82 Å². The van der Waals surface area contributed by atoms with E-state index in [1.54, 1.807) is 24.3 Å². The molecule has 1 unspecified atom stereocenters. The fourth-order valence-corrected chi connectivity index (χ4v) is 2.53. The molecule has 0 spiro atoms. The van der Waals surface area contributed by atoms with Gasteiger partial charge in [-0.05, 0) is 30.2 Å². The lowest BCUT2D eigenvalue weighted by Crippen LogP contribution is -2.16. The number of rotatable bonds is 4. The Morgan fingerprint density at radius 3 is 2.35 bits per heavy atom. The van der Waals surface area contributed by atoms with Crippen LogP contribution in [0.2, 0.25) is 10.0 Å². The van der Waals surface area contributed by atoms with Gasteiger partial charge in [-0.2, -0.15) is 0 Å². The second-order valence-electron chi connectivity index (χ2n) is 4.32. The van der Waals surface area contributed by atoms with Crippen LogP contribution in [0.5, 0.6) is 0 Å². The Hall–Kier alpha value is -1.58. The molecule has 5 heteroatoms. The van der Waals surface area contributed by atoms with Gasteiger partial charge in [-0.1, -0.05) is 47.5 Å². The Balaban J connectivity index is 2.42. The molecule has 0 saturated heterocycles. The molecule has 0 amide bonds. The van der Waals surface area contributed by atoms with E-state index in [1.807, 2.05) is 0 Å². The summed E-state index contributed by atoms with van der Waals surface area (Å²) in [6, 6.07) is 10.9. The summed E-state index contributed by atoms with van der Waals surface area (Å²) in [5.41, 5.74) is 0.627. The summed E-state index contributed by atoms with van der Waals surface area (Å²) in [5.74, 6) is -2.54. The van der Waals surface area contributed by atoms with Gasteiger partial charge in [0.25, 0.3) is 0 Å². The predicted octanol–water partition coefficient (Wildman–Crippen LogP) is 4.54. The summed E-state index contributed by atoms with van der Waals surface area (Å²) in [6.07, 6.45) is -0.0510. The molecule has 0 aromatic heterocycles. The van der Waals surface area contributed by atoms with Gasteiger partial charge in [-0.25, -0.2) is 4.39 Å². The van der Waals surface area contributed by atoms with Crippen molar-refractivity contribution in [3.8, 4) is 0 Å². The number of hydrogen-bond acceptors (Lipinski definition) is 1. The van der Waals surface area contributed by atoms with Gasteiger partial charge in [-0.15, -0.1) is 0 Å². The van der Waals surface area contributed by atoms with E-state index >= 15 is 0 Å².